The SMILES string of the molecule is O=C(NC1CCCCC1)C(Cc1ccccc1)N(Cc1c(Cl)cccc1Cl)C(=O)Cc1ccc(Cl)c(Cl)c1. The Labute approximate surface area is 244 Å². The normalized spacial score (nSPS) is 14.6. The molecule has 0 radical (unpaired) electrons. The summed E-state index contributed by atoms with van der Waals surface area (Å²) in [5, 5.41) is 4.90. The fourth-order valence-corrected chi connectivity index (χ4v) is 5.72. The summed E-state index contributed by atoms with van der Waals surface area (Å²) in [4.78, 5) is 29.4. The quantitative estimate of drug-likeness (QED) is 0.275. The molecule has 0 heterocycles. The van der Waals surface area contributed by atoms with Crippen LogP contribution in [0, 0.1) is 0 Å². The number of nitrogens with zero attached hydrogens (tertiary/aromatic N) is 1. The van der Waals surface area contributed by atoms with Crippen LogP contribution in [0.5, 0.6) is 0 Å². The van der Waals surface area contributed by atoms with Gasteiger partial charge >= 0.3 is 0 Å². The molecule has 1 aliphatic carbocycles. The van der Waals surface area contributed by atoms with Crippen molar-refractivity contribution in [3.8, 4) is 0 Å². The molecule has 1 atom stereocenters. The number of halogens is 4. The first kappa shape index (κ1) is 28.8. The van der Waals surface area contributed by atoms with E-state index in [0.29, 0.717) is 37.6 Å². The van der Waals surface area contributed by atoms with Gasteiger partial charge in [-0.15, -0.1) is 0 Å². The van der Waals surface area contributed by atoms with Gasteiger partial charge in [-0.05, 0) is 48.2 Å². The summed E-state index contributed by atoms with van der Waals surface area (Å²) in [5.41, 5.74) is 2.25. The average Bonchev–Trinajstić information content (AvgIpc) is 2.91. The molecule has 4 rings (SSSR count). The second-order valence-electron chi connectivity index (χ2n) is 9.70. The highest BCUT2D eigenvalue weighted by molar-refractivity contribution is 6.42. The van der Waals surface area contributed by atoms with Crippen LogP contribution in [0.2, 0.25) is 20.1 Å². The molecule has 200 valence electrons. The van der Waals surface area contributed by atoms with Crippen LogP contribution in [0.15, 0.2) is 66.7 Å². The lowest BCUT2D eigenvalue weighted by molar-refractivity contribution is -0.141. The van der Waals surface area contributed by atoms with Gasteiger partial charge in [-0.1, -0.05) is 108 Å². The highest BCUT2D eigenvalue weighted by atomic mass is 35.5. The third-order valence-corrected chi connectivity index (χ3v) is 8.40. The Hall–Kier alpha value is -2.24. The summed E-state index contributed by atoms with van der Waals surface area (Å²) >= 11 is 25.4. The van der Waals surface area contributed by atoms with Gasteiger partial charge < -0.3 is 10.2 Å². The summed E-state index contributed by atoms with van der Waals surface area (Å²) < 4.78 is 0. The van der Waals surface area contributed by atoms with Gasteiger partial charge in [0.15, 0.2) is 0 Å². The lowest BCUT2D eigenvalue weighted by atomic mass is 9.94. The van der Waals surface area contributed by atoms with E-state index in [1.54, 1.807) is 41.3 Å². The van der Waals surface area contributed by atoms with E-state index in [1.165, 1.54) is 6.42 Å². The molecule has 1 aliphatic rings. The monoisotopic (exact) mass is 590 g/mol. The minimum absolute atomic E-state index is 0.0426. The zero-order valence-corrected chi connectivity index (χ0v) is 24.0. The molecule has 1 fully saturated rings. The Morgan fingerprint density at radius 1 is 0.789 bits per heavy atom. The van der Waals surface area contributed by atoms with E-state index in [4.69, 9.17) is 46.4 Å². The molecule has 1 saturated carbocycles. The molecule has 0 aromatic heterocycles. The van der Waals surface area contributed by atoms with E-state index in [9.17, 15) is 9.59 Å². The van der Waals surface area contributed by atoms with E-state index in [2.05, 4.69) is 5.32 Å². The van der Waals surface area contributed by atoms with Gasteiger partial charge in [-0.2, -0.15) is 0 Å². The zero-order valence-electron chi connectivity index (χ0n) is 20.9. The third kappa shape index (κ3) is 7.66. The van der Waals surface area contributed by atoms with E-state index in [1.807, 2.05) is 30.3 Å². The summed E-state index contributed by atoms with van der Waals surface area (Å²) in [6.07, 6.45) is 5.64. The van der Waals surface area contributed by atoms with Crippen LogP contribution in [0.1, 0.15) is 48.8 Å². The second-order valence-corrected chi connectivity index (χ2v) is 11.3. The standard InChI is InChI=1S/C30H30Cl4N2O2/c31-24-12-7-13-25(32)23(24)19-36(29(37)18-21-14-15-26(33)27(34)16-21)28(17-20-8-3-1-4-9-20)30(38)35-22-10-5-2-6-11-22/h1,3-4,7-9,12-16,22,28H,2,5-6,10-11,17-19H2,(H,35,38). The molecule has 3 aromatic carbocycles. The number of carbonyl (C=O) groups is 2. The number of amides is 2. The predicted molar refractivity (Wildman–Crippen MR) is 156 cm³/mol. The highest BCUT2D eigenvalue weighted by Crippen LogP contribution is 2.29. The minimum atomic E-state index is -0.762. The molecule has 1 unspecified atom stereocenters. The van der Waals surface area contributed by atoms with E-state index in [0.717, 1.165) is 31.2 Å². The van der Waals surface area contributed by atoms with Crippen molar-refractivity contribution in [2.75, 3.05) is 0 Å². The zero-order chi connectivity index (χ0) is 27.1. The maximum absolute atomic E-state index is 13.9. The molecular formula is C30H30Cl4N2O2. The predicted octanol–water partition coefficient (Wildman–Crippen LogP) is 7.93. The number of nitrogens with one attached hydrogen (secondary N) is 1. The first-order valence-corrected chi connectivity index (χ1v) is 14.3. The van der Waals surface area contributed by atoms with Crippen molar-refractivity contribution in [3.05, 3.63) is 104 Å². The summed E-state index contributed by atoms with van der Waals surface area (Å²) in [6, 6.07) is 19.4. The molecule has 0 bridgehead atoms. The number of benzene rings is 3. The van der Waals surface area contributed by atoms with E-state index < -0.39 is 6.04 Å². The average molecular weight is 592 g/mol. The van der Waals surface area contributed by atoms with Crippen molar-refractivity contribution >= 4 is 58.2 Å². The molecule has 38 heavy (non-hydrogen) atoms. The van der Waals surface area contributed by atoms with Crippen LogP contribution in [0.4, 0.5) is 0 Å². The van der Waals surface area contributed by atoms with Crippen molar-refractivity contribution < 1.29 is 9.59 Å². The maximum atomic E-state index is 13.9. The lowest BCUT2D eigenvalue weighted by Gasteiger charge is -2.34. The van der Waals surface area contributed by atoms with Crippen LogP contribution >= 0.6 is 46.4 Å². The van der Waals surface area contributed by atoms with Crippen LogP contribution in [-0.4, -0.2) is 28.8 Å². The molecule has 1 N–H and O–H groups in total. The first-order valence-electron chi connectivity index (χ1n) is 12.8. The Balaban J connectivity index is 1.70. The molecule has 0 saturated heterocycles. The van der Waals surface area contributed by atoms with Gasteiger partial charge in [0, 0.05) is 34.6 Å². The fraction of sp³-hybridized carbons (Fsp3) is 0.333. The van der Waals surface area contributed by atoms with Crippen molar-refractivity contribution in [1.29, 1.82) is 0 Å². The molecule has 4 nitrogen and oxygen atoms in total. The van der Waals surface area contributed by atoms with Crippen LogP contribution in [-0.2, 0) is 29.0 Å². The molecule has 3 aromatic rings. The Morgan fingerprint density at radius 2 is 1.47 bits per heavy atom. The third-order valence-electron chi connectivity index (χ3n) is 6.95. The van der Waals surface area contributed by atoms with Crippen LogP contribution < -0.4 is 5.32 Å². The van der Waals surface area contributed by atoms with Gasteiger partial charge in [-0.25, -0.2) is 0 Å². The first-order chi connectivity index (χ1) is 18.3. The van der Waals surface area contributed by atoms with Crippen LogP contribution in [0.3, 0.4) is 0 Å². The minimum Gasteiger partial charge on any atom is -0.352 e. The van der Waals surface area contributed by atoms with Gasteiger partial charge in [0.05, 0.1) is 16.5 Å². The van der Waals surface area contributed by atoms with Crippen molar-refractivity contribution in [1.82, 2.24) is 10.2 Å². The van der Waals surface area contributed by atoms with Crippen LogP contribution in [0.25, 0.3) is 0 Å². The summed E-state index contributed by atoms with van der Waals surface area (Å²) in [5.74, 6) is -0.412. The summed E-state index contributed by atoms with van der Waals surface area (Å²) in [7, 11) is 0. The topological polar surface area (TPSA) is 49.4 Å². The number of rotatable bonds is 9. The highest BCUT2D eigenvalue weighted by Gasteiger charge is 2.32. The summed E-state index contributed by atoms with van der Waals surface area (Å²) in [6.45, 7) is 0.0915. The van der Waals surface area contributed by atoms with Gasteiger partial charge in [-0.3, -0.25) is 9.59 Å². The largest absolute Gasteiger partial charge is 0.352 e. The number of hydrogen-bond donors (Lipinski definition) is 1. The van der Waals surface area contributed by atoms with E-state index >= 15 is 0 Å². The van der Waals surface area contributed by atoms with Crippen molar-refractivity contribution in [2.45, 2.75) is 63.6 Å². The Kier molecular flexibility index (Phi) is 10.4. The van der Waals surface area contributed by atoms with Gasteiger partial charge in [0.25, 0.3) is 0 Å². The molecular weight excluding hydrogens is 562 g/mol. The lowest BCUT2D eigenvalue weighted by Crippen LogP contribution is -2.53. The molecule has 0 spiro atoms. The molecule has 8 heteroatoms. The van der Waals surface area contributed by atoms with Crippen molar-refractivity contribution in [3.63, 3.8) is 0 Å². The number of carbonyl (C=O) groups excluding carboxylic acids is 2. The Bertz CT molecular complexity index is 1240. The Morgan fingerprint density at radius 3 is 2.13 bits per heavy atom. The molecule has 2 amide bonds. The maximum Gasteiger partial charge on any atom is 0.243 e. The van der Waals surface area contributed by atoms with Gasteiger partial charge in [0.1, 0.15) is 6.04 Å². The van der Waals surface area contributed by atoms with Gasteiger partial charge in [0.2, 0.25) is 11.8 Å². The van der Waals surface area contributed by atoms with E-state index in [-0.39, 0.29) is 30.8 Å². The fourth-order valence-electron chi connectivity index (χ4n) is 4.88. The smallest absolute Gasteiger partial charge is 0.243 e. The second kappa shape index (κ2) is 13.7. The number of hydrogen-bond acceptors (Lipinski definition) is 2. The molecule has 0 aliphatic heterocycles. The van der Waals surface area contributed by atoms with Crippen molar-refractivity contribution in [2.24, 2.45) is 0 Å².